The van der Waals surface area contributed by atoms with Crippen molar-refractivity contribution in [3.63, 3.8) is 0 Å². The summed E-state index contributed by atoms with van der Waals surface area (Å²) in [6.45, 7) is 3.82. The fraction of sp³-hybridized carbons (Fsp3) is 0.333. The van der Waals surface area contributed by atoms with E-state index in [-0.39, 0.29) is 11.7 Å². The lowest BCUT2D eigenvalue weighted by Gasteiger charge is -2.25. The molecule has 1 aliphatic carbocycles. The number of rotatable bonds is 4. The van der Waals surface area contributed by atoms with Crippen LogP contribution in [0.3, 0.4) is 0 Å². The average molecular weight is 256 g/mol. The number of nitrogens with zero attached hydrogens (tertiary/aromatic N) is 2. The molecule has 1 aromatic rings. The summed E-state index contributed by atoms with van der Waals surface area (Å²) in [6.07, 6.45) is 5.00. The number of hydrogen-bond acceptors (Lipinski definition) is 2. The van der Waals surface area contributed by atoms with E-state index < -0.39 is 0 Å². The van der Waals surface area contributed by atoms with Crippen LogP contribution in [0, 0.1) is 5.92 Å². The molecule has 0 aliphatic heterocycles. The van der Waals surface area contributed by atoms with Crippen molar-refractivity contribution in [2.24, 2.45) is 5.92 Å². The number of Topliss-reactive ketones (excluding diaryl/α,β-unsaturated/α-hetero) is 1. The number of ketones is 1. The van der Waals surface area contributed by atoms with E-state index in [0.717, 1.165) is 35.9 Å². The van der Waals surface area contributed by atoms with Crippen LogP contribution in [0.2, 0.25) is 0 Å². The number of fused-ring (bicyclic) bond motifs is 1. The quantitative estimate of drug-likeness (QED) is 0.471. The third kappa shape index (κ3) is 2.49. The zero-order valence-corrected chi connectivity index (χ0v) is 10.9. The lowest BCUT2D eigenvalue weighted by atomic mass is 9.79. The van der Waals surface area contributed by atoms with Crippen molar-refractivity contribution in [3.05, 3.63) is 40.9 Å². The minimum Gasteiger partial charge on any atom is -0.496 e. The number of methoxy groups -OCH3 is 1. The first-order valence-electron chi connectivity index (χ1n) is 6.23. The van der Waals surface area contributed by atoms with Gasteiger partial charge in [-0.3, -0.25) is 4.79 Å². The van der Waals surface area contributed by atoms with E-state index in [0.29, 0.717) is 6.42 Å². The van der Waals surface area contributed by atoms with Crippen molar-refractivity contribution in [2.75, 3.05) is 7.11 Å². The number of ether oxygens (including phenoxy) is 1. The third-order valence-corrected chi connectivity index (χ3v) is 3.64. The second-order valence-electron chi connectivity index (χ2n) is 4.60. The molecule has 1 aliphatic rings. The number of benzene rings is 1. The van der Waals surface area contributed by atoms with E-state index in [2.05, 4.69) is 11.4 Å². The maximum atomic E-state index is 11.8. The predicted octanol–water partition coefficient (Wildman–Crippen LogP) is 2.31. The van der Waals surface area contributed by atoms with Gasteiger partial charge in [0.25, 0.3) is 0 Å². The van der Waals surface area contributed by atoms with Crippen LogP contribution in [-0.2, 0) is 17.6 Å². The van der Waals surface area contributed by atoms with E-state index in [1.54, 1.807) is 7.11 Å². The topological polar surface area (TPSA) is 62.7 Å². The highest BCUT2D eigenvalue weighted by Gasteiger charge is 2.28. The van der Waals surface area contributed by atoms with Crippen LogP contribution in [0.1, 0.15) is 23.1 Å². The third-order valence-electron chi connectivity index (χ3n) is 3.64. The monoisotopic (exact) mass is 256 g/mol. The van der Waals surface area contributed by atoms with Crippen LogP contribution in [0.5, 0.6) is 5.75 Å². The lowest BCUT2D eigenvalue weighted by molar-refractivity contribution is -0.119. The molecule has 0 spiro atoms. The molecule has 2 rings (SSSR count). The first-order valence-corrected chi connectivity index (χ1v) is 6.23. The lowest BCUT2D eigenvalue weighted by Crippen LogP contribution is -2.24. The highest BCUT2D eigenvalue weighted by atomic mass is 16.5. The molecule has 0 N–H and O–H groups in total. The number of hydrogen-bond donors (Lipinski definition) is 0. The summed E-state index contributed by atoms with van der Waals surface area (Å²) < 4.78 is 5.37. The summed E-state index contributed by atoms with van der Waals surface area (Å²) in [5.74, 6) is 0.524. The van der Waals surface area contributed by atoms with Gasteiger partial charge in [-0.15, -0.1) is 0 Å². The summed E-state index contributed by atoms with van der Waals surface area (Å²) in [5.41, 5.74) is 11.8. The molecular weight excluding hydrogens is 240 g/mol. The van der Waals surface area contributed by atoms with Crippen LogP contribution >= 0.6 is 0 Å². The molecule has 0 heterocycles. The normalized spacial score (nSPS) is 17.0. The van der Waals surface area contributed by atoms with Crippen molar-refractivity contribution in [1.29, 1.82) is 0 Å². The van der Waals surface area contributed by atoms with Crippen molar-refractivity contribution in [2.45, 2.75) is 19.3 Å². The van der Waals surface area contributed by atoms with Crippen LogP contribution < -0.4 is 4.74 Å². The van der Waals surface area contributed by atoms with E-state index in [1.807, 2.05) is 18.2 Å². The van der Waals surface area contributed by atoms with Gasteiger partial charge in [0.1, 0.15) is 5.75 Å². The summed E-state index contributed by atoms with van der Waals surface area (Å²) in [4.78, 5) is 14.6. The maximum Gasteiger partial charge on any atom is 0.323 e. The highest BCUT2D eigenvalue weighted by molar-refractivity contribution is 6.26. The van der Waals surface area contributed by atoms with Gasteiger partial charge >= 0.3 is 6.21 Å². The van der Waals surface area contributed by atoms with Crippen molar-refractivity contribution in [1.82, 2.24) is 0 Å². The molecule has 0 bridgehead atoms. The van der Waals surface area contributed by atoms with Crippen LogP contribution in [-0.4, -0.2) is 23.9 Å². The second kappa shape index (κ2) is 5.63. The van der Waals surface area contributed by atoms with Crippen molar-refractivity contribution < 1.29 is 14.3 Å². The molecule has 0 radical (unpaired) electrons. The Bertz CT molecular complexity index is 572. The minimum atomic E-state index is -0.141. The summed E-state index contributed by atoms with van der Waals surface area (Å²) >= 11 is 0. The fourth-order valence-electron chi connectivity index (χ4n) is 2.66. The molecule has 0 saturated carbocycles. The van der Waals surface area contributed by atoms with Crippen LogP contribution in [0.4, 0.5) is 0 Å². The molecule has 98 valence electrons. The van der Waals surface area contributed by atoms with Gasteiger partial charge in [-0.05, 0) is 42.0 Å². The number of carbonyl (C=O) groups excluding carboxylic acids is 1. The van der Waals surface area contributed by atoms with E-state index >= 15 is 0 Å². The zero-order chi connectivity index (χ0) is 13.8. The summed E-state index contributed by atoms with van der Waals surface area (Å²) in [5, 5.41) is 0. The van der Waals surface area contributed by atoms with Gasteiger partial charge in [0.15, 0.2) is 0 Å². The van der Waals surface area contributed by atoms with Crippen LogP contribution in [0.15, 0.2) is 18.7 Å². The Labute approximate surface area is 112 Å². The first-order chi connectivity index (χ1) is 9.21. The fourth-order valence-corrected chi connectivity index (χ4v) is 2.66. The Balaban J connectivity index is 2.40. The maximum absolute atomic E-state index is 11.8. The number of carbonyl (C=O) groups is 1. The highest BCUT2D eigenvalue weighted by Crippen LogP contribution is 2.35. The minimum absolute atomic E-state index is 0.140. The SMILES string of the molecule is C=Cc1ccc(OC)c2c1CC[C@@H](C(=O)C=[N+]=[N-])C2. The Kier molecular flexibility index (Phi) is 3.93. The molecule has 1 atom stereocenters. The molecule has 4 nitrogen and oxygen atoms in total. The van der Waals surface area contributed by atoms with Gasteiger partial charge in [0.05, 0.1) is 7.11 Å². The molecule has 19 heavy (non-hydrogen) atoms. The largest absolute Gasteiger partial charge is 0.496 e. The second-order valence-corrected chi connectivity index (χ2v) is 4.60. The molecule has 0 saturated heterocycles. The van der Waals surface area contributed by atoms with Gasteiger partial charge < -0.3 is 10.3 Å². The Morgan fingerprint density at radius 2 is 2.32 bits per heavy atom. The van der Waals surface area contributed by atoms with Gasteiger partial charge in [-0.1, -0.05) is 18.7 Å². The van der Waals surface area contributed by atoms with Crippen LogP contribution in [0.25, 0.3) is 11.6 Å². The summed E-state index contributed by atoms with van der Waals surface area (Å²) in [6, 6.07) is 3.89. The van der Waals surface area contributed by atoms with E-state index in [9.17, 15) is 4.79 Å². The predicted molar refractivity (Wildman–Crippen MR) is 73.3 cm³/mol. The van der Waals surface area contributed by atoms with E-state index in [4.69, 9.17) is 10.3 Å². The van der Waals surface area contributed by atoms with Gasteiger partial charge in [-0.25, -0.2) is 0 Å². The smallest absolute Gasteiger partial charge is 0.323 e. The van der Waals surface area contributed by atoms with Crippen molar-refractivity contribution >= 4 is 18.1 Å². The molecule has 0 fully saturated rings. The first kappa shape index (κ1) is 13.2. The summed E-state index contributed by atoms with van der Waals surface area (Å²) in [7, 11) is 1.63. The molecule has 0 unspecified atom stereocenters. The standard InChI is InChI=1S/C15H16N2O2/c1-3-10-5-7-15(19-2)13-8-11(4-6-12(10)13)14(18)9-17-16/h3,5,7,9,11H,1,4,6,8H2,2H3/t11-/m1/s1. The molecular formula is C15H16N2O2. The van der Waals surface area contributed by atoms with Gasteiger partial charge in [0.2, 0.25) is 5.78 Å². The molecule has 0 aromatic heterocycles. The molecule has 4 heteroatoms. The van der Waals surface area contributed by atoms with Gasteiger partial charge in [-0.2, -0.15) is 4.79 Å². The van der Waals surface area contributed by atoms with E-state index in [1.165, 1.54) is 5.56 Å². The van der Waals surface area contributed by atoms with Crippen molar-refractivity contribution in [3.8, 4) is 5.75 Å². The Morgan fingerprint density at radius 1 is 1.53 bits per heavy atom. The molecule has 0 amide bonds. The molecule has 1 aromatic carbocycles. The zero-order valence-electron chi connectivity index (χ0n) is 10.9. The Morgan fingerprint density at radius 3 is 2.95 bits per heavy atom. The average Bonchev–Trinajstić information content (AvgIpc) is 2.45. The Hall–Kier alpha value is -2.19. The van der Waals surface area contributed by atoms with Gasteiger partial charge in [0, 0.05) is 5.92 Å².